The van der Waals surface area contributed by atoms with Crippen LogP contribution in [0.2, 0.25) is 0 Å². The molecule has 0 fully saturated rings. The Morgan fingerprint density at radius 3 is 1.29 bits per heavy atom. The molecule has 0 bridgehead atoms. The van der Waals surface area contributed by atoms with E-state index in [2.05, 4.69) is 11.9 Å². The maximum Gasteiger partial charge on any atom is 1.00 e. The van der Waals surface area contributed by atoms with Crippen molar-refractivity contribution in [1.82, 2.24) is 0 Å². The average Bonchev–Trinajstić information content (AvgIpc) is 2.79. The second-order valence-corrected chi connectivity index (χ2v) is 11.7. The molecule has 0 aromatic carbocycles. The van der Waals surface area contributed by atoms with E-state index in [9.17, 15) is 13.5 Å². The second-order valence-electron chi connectivity index (χ2n) is 10.1. The van der Waals surface area contributed by atoms with Crippen LogP contribution in [0.15, 0.2) is 4.99 Å². The smallest absolute Gasteiger partial charge is 0.862 e. The van der Waals surface area contributed by atoms with Crippen LogP contribution in [0.3, 0.4) is 0 Å². The molecule has 0 spiro atoms. The first-order valence-electron chi connectivity index (χ1n) is 14.6. The summed E-state index contributed by atoms with van der Waals surface area (Å²) in [6.45, 7) is 2.64. The summed E-state index contributed by atoms with van der Waals surface area (Å²) in [6.07, 6.45) is 29.7. The van der Waals surface area contributed by atoms with Gasteiger partial charge in [0, 0.05) is 6.54 Å². The molecular formula is C28H56NNaO4S. The van der Waals surface area contributed by atoms with Crippen LogP contribution in [-0.4, -0.2) is 31.2 Å². The largest absolute Gasteiger partial charge is 1.00 e. The monoisotopic (exact) mass is 525 g/mol. The van der Waals surface area contributed by atoms with Crippen molar-refractivity contribution in [3.05, 3.63) is 0 Å². The van der Waals surface area contributed by atoms with Crippen LogP contribution < -0.4 is 34.7 Å². The third-order valence-electron chi connectivity index (χ3n) is 6.59. The number of aliphatic imine (C=N–C) groups is 1. The summed E-state index contributed by atoms with van der Waals surface area (Å²) in [4.78, 5) is 3.95. The fourth-order valence-corrected chi connectivity index (χ4v) is 4.96. The first kappa shape index (κ1) is 37.5. The minimum atomic E-state index is -3.89. The van der Waals surface area contributed by atoms with Crippen molar-refractivity contribution in [2.75, 3.05) is 12.3 Å². The van der Waals surface area contributed by atoms with E-state index in [0.29, 0.717) is 25.8 Å². The van der Waals surface area contributed by atoms with E-state index >= 15 is 0 Å². The first-order valence-corrected chi connectivity index (χ1v) is 16.2. The van der Waals surface area contributed by atoms with Crippen LogP contribution in [0.1, 0.15) is 161 Å². The van der Waals surface area contributed by atoms with Crippen molar-refractivity contribution < 1.29 is 47.6 Å². The number of rotatable bonds is 27. The Hall–Kier alpha value is 0.380. The quantitative estimate of drug-likeness (QED) is 0.0536. The first-order chi connectivity index (χ1) is 16.5. The molecule has 0 aromatic heterocycles. The Morgan fingerprint density at radius 1 is 0.600 bits per heavy atom. The van der Waals surface area contributed by atoms with Gasteiger partial charge in [0.2, 0.25) is 0 Å². The third kappa shape index (κ3) is 34.4. The van der Waals surface area contributed by atoms with Crippen molar-refractivity contribution in [2.24, 2.45) is 4.99 Å². The van der Waals surface area contributed by atoms with E-state index in [0.717, 1.165) is 12.8 Å². The standard InChI is InChI=1S/C28H57NO4S.Na/c1-2-3-4-5-6-7-8-9-10-11-12-13-14-15-16-17-18-19-20-21-22-25-28(30)29-26-23-24-27-34(31,32)33;/h2-27H2,1H3,(H,29,30)(H,31,32,33);/q;+1/p-1. The van der Waals surface area contributed by atoms with Gasteiger partial charge in [-0.15, -0.1) is 0 Å². The molecule has 0 saturated heterocycles. The molecule has 5 nitrogen and oxygen atoms in total. The van der Waals surface area contributed by atoms with Gasteiger partial charge >= 0.3 is 29.6 Å². The number of nitrogens with zero attached hydrogens (tertiary/aromatic N) is 1. The van der Waals surface area contributed by atoms with Gasteiger partial charge in [-0.25, -0.2) is 0 Å². The minimum Gasteiger partial charge on any atom is -0.862 e. The molecule has 0 rings (SSSR count). The summed E-state index contributed by atoms with van der Waals surface area (Å²) in [6, 6.07) is 0. The third-order valence-corrected chi connectivity index (χ3v) is 7.40. The van der Waals surface area contributed by atoms with Gasteiger partial charge in [0.1, 0.15) is 0 Å². The maximum absolute atomic E-state index is 11.7. The van der Waals surface area contributed by atoms with Crippen LogP contribution in [0.5, 0.6) is 0 Å². The van der Waals surface area contributed by atoms with E-state index in [1.807, 2.05) is 0 Å². The number of hydrogen-bond acceptors (Lipinski definition) is 4. The SMILES string of the molecule is CCCCCCCCCCCCCCCCCCCCCCCC([O-])=NCCCCS(=O)(=O)O.[Na+]. The molecule has 0 aliphatic carbocycles. The molecule has 35 heavy (non-hydrogen) atoms. The summed E-state index contributed by atoms with van der Waals surface area (Å²) in [7, 11) is -3.89. The molecule has 0 atom stereocenters. The molecule has 0 aliphatic heterocycles. The number of unbranched alkanes of at least 4 members (excludes halogenated alkanes) is 21. The summed E-state index contributed by atoms with van der Waals surface area (Å²) < 4.78 is 29.8. The Kier molecular flexibility index (Phi) is 31.0. The molecule has 7 heteroatoms. The molecule has 0 amide bonds. The van der Waals surface area contributed by atoms with Crippen LogP contribution in [0.25, 0.3) is 0 Å². The van der Waals surface area contributed by atoms with Gasteiger partial charge in [-0.3, -0.25) is 4.55 Å². The van der Waals surface area contributed by atoms with Gasteiger partial charge in [0.05, 0.1) is 5.75 Å². The predicted molar refractivity (Wildman–Crippen MR) is 145 cm³/mol. The second kappa shape index (κ2) is 28.9. The van der Waals surface area contributed by atoms with Crippen molar-refractivity contribution in [2.45, 2.75) is 161 Å². The maximum atomic E-state index is 11.7. The van der Waals surface area contributed by atoms with E-state index in [4.69, 9.17) is 4.55 Å². The topological polar surface area (TPSA) is 89.8 Å². The van der Waals surface area contributed by atoms with Crippen molar-refractivity contribution in [3.8, 4) is 0 Å². The Morgan fingerprint density at radius 2 is 0.943 bits per heavy atom. The predicted octanol–water partition coefficient (Wildman–Crippen LogP) is 5.02. The van der Waals surface area contributed by atoms with Crippen LogP contribution >= 0.6 is 0 Å². The van der Waals surface area contributed by atoms with Gasteiger partial charge in [-0.1, -0.05) is 135 Å². The zero-order valence-electron chi connectivity index (χ0n) is 23.4. The summed E-state index contributed by atoms with van der Waals surface area (Å²) in [5.41, 5.74) is 0. The zero-order chi connectivity index (χ0) is 25.2. The zero-order valence-corrected chi connectivity index (χ0v) is 26.2. The molecule has 0 radical (unpaired) electrons. The Labute approximate surface area is 240 Å². The fourth-order valence-electron chi connectivity index (χ4n) is 4.39. The minimum absolute atomic E-state index is 0. The molecule has 0 heterocycles. The molecule has 0 aromatic rings. The van der Waals surface area contributed by atoms with Gasteiger partial charge in [0.15, 0.2) is 0 Å². The van der Waals surface area contributed by atoms with Crippen LogP contribution in [0.4, 0.5) is 0 Å². The summed E-state index contributed by atoms with van der Waals surface area (Å²) >= 11 is 0. The van der Waals surface area contributed by atoms with E-state index < -0.39 is 10.1 Å². The van der Waals surface area contributed by atoms with Crippen molar-refractivity contribution in [3.63, 3.8) is 0 Å². The molecule has 0 unspecified atom stereocenters. The average molecular weight is 526 g/mol. The molecule has 204 valence electrons. The van der Waals surface area contributed by atoms with Gasteiger partial charge < -0.3 is 10.1 Å². The van der Waals surface area contributed by atoms with E-state index in [1.54, 1.807) is 0 Å². The Bertz CT molecular complexity index is 555. The van der Waals surface area contributed by atoms with Gasteiger partial charge in [0.25, 0.3) is 10.1 Å². The summed E-state index contributed by atoms with van der Waals surface area (Å²) in [5, 5.41) is 11.7. The van der Waals surface area contributed by atoms with Gasteiger partial charge in [-0.2, -0.15) is 8.42 Å². The van der Waals surface area contributed by atoms with E-state index in [1.165, 1.54) is 122 Å². The van der Waals surface area contributed by atoms with Crippen molar-refractivity contribution >= 4 is 16.0 Å². The Balaban J connectivity index is 0. The van der Waals surface area contributed by atoms with E-state index in [-0.39, 0.29) is 41.2 Å². The molecular weight excluding hydrogens is 469 g/mol. The molecule has 0 saturated carbocycles. The number of hydrogen-bond donors (Lipinski definition) is 1. The van der Waals surface area contributed by atoms with Crippen LogP contribution in [0, 0.1) is 0 Å². The summed E-state index contributed by atoms with van der Waals surface area (Å²) in [5.74, 6) is -0.333. The van der Waals surface area contributed by atoms with Crippen LogP contribution in [-0.2, 0) is 10.1 Å². The van der Waals surface area contributed by atoms with Crippen molar-refractivity contribution in [1.29, 1.82) is 0 Å². The van der Waals surface area contributed by atoms with Gasteiger partial charge in [-0.05, 0) is 31.6 Å². The normalized spacial score (nSPS) is 12.1. The molecule has 0 aliphatic rings. The fraction of sp³-hybridized carbons (Fsp3) is 0.964. The molecule has 1 N–H and O–H groups in total.